The maximum absolute atomic E-state index is 14.1. The highest BCUT2D eigenvalue weighted by atomic mass is 16.5. The van der Waals surface area contributed by atoms with Gasteiger partial charge in [0.15, 0.2) is 0 Å². The Labute approximate surface area is 219 Å². The van der Waals surface area contributed by atoms with E-state index < -0.39 is 29.1 Å². The Morgan fingerprint density at radius 1 is 1.08 bits per heavy atom. The Morgan fingerprint density at radius 3 is 2.51 bits per heavy atom. The van der Waals surface area contributed by atoms with Gasteiger partial charge in [-0.25, -0.2) is 0 Å². The summed E-state index contributed by atoms with van der Waals surface area (Å²) in [5.41, 5.74) is -1.16. The van der Waals surface area contributed by atoms with Gasteiger partial charge in [0.2, 0.25) is 17.7 Å². The molecule has 37 heavy (non-hydrogen) atoms. The molecule has 1 spiro atoms. The molecular formula is C29H41N3O5. The van der Waals surface area contributed by atoms with Gasteiger partial charge >= 0.3 is 0 Å². The van der Waals surface area contributed by atoms with Gasteiger partial charge in [0.25, 0.3) is 0 Å². The van der Waals surface area contributed by atoms with Gasteiger partial charge in [-0.1, -0.05) is 44.4 Å². The maximum atomic E-state index is 14.1. The van der Waals surface area contributed by atoms with Crippen molar-refractivity contribution in [3.8, 4) is 0 Å². The van der Waals surface area contributed by atoms with Crippen molar-refractivity contribution in [2.45, 2.75) is 94.9 Å². The average molecular weight is 512 g/mol. The quantitative estimate of drug-likeness (QED) is 0.441. The van der Waals surface area contributed by atoms with Crippen LogP contribution in [0.25, 0.3) is 0 Å². The van der Waals surface area contributed by atoms with E-state index in [1.54, 1.807) is 4.90 Å². The number of carbonyl (C=O) groups excluding carboxylic acids is 3. The van der Waals surface area contributed by atoms with E-state index >= 15 is 0 Å². The van der Waals surface area contributed by atoms with Crippen LogP contribution in [-0.4, -0.2) is 64.2 Å². The Morgan fingerprint density at radius 2 is 1.81 bits per heavy atom. The molecule has 5 rings (SSSR count). The number of nitrogens with zero attached hydrogens (tertiary/aromatic N) is 1. The fourth-order valence-electron chi connectivity index (χ4n) is 7.52. The van der Waals surface area contributed by atoms with E-state index in [2.05, 4.69) is 17.6 Å². The molecule has 3 heterocycles. The van der Waals surface area contributed by atoms with Crippen LogP contribution < -0.4 is 10.6 Å². The van der Waals surface area contributed by atoms with E-state index in [0.717, 1.165) is 32.1 Å². The summed E-state index contributed by atoms with van der Waals surface area (Å²) < 4.78 is 6.78. The zero-order chi connectivity index (χ0) is 26.2. The van der Waals surface area contributed by atoms with E-state index in [4.69, 9.17) is 4.74 Å². The van der Waals surface area contributed by atoms with Crippen molar-refractivity contribution < 1.29 is 24.2 Å². The molecule has 3 amide bonds. The van der Waals surface area contributed by atoms with Crippen molar-refractivity contribution in [1.82, 2.24) is 10.2 Å². The zero-order valence-corrected chi connectivity index (χ0v) is 22.1. The maximum Gasteiger partial charge on any atom is 0.246 e. The summed E-state index contributed by atoms with van der Waals surface area (Å²) in [6.45, 7) is 4.53. The second-order valence-electron chi connectivity index (χ2n) is 11.7. The number of nitrogens with one attached hydrogen (secondary N) is 2. The minimum absolute atomic E-state index is 0.0161. The number of fused-ring (bicyclic) bond motifs is 1. The summed E-state index contributed by atoms with van der Waals surface area (Å²) in [4.78, 5) is 43.5. The van der Waals surface area contributed by atoms with Crippen LogP contribution in [0, 0.1) is 17.8 Å². The molecule has 3 aliphatic heterocycles. The highest BCUT2D eigenvalue weighted by Crippen LogP contribution is 2.65. The average Bonchev–Trinajstić information content (AvgIpc) is 3.39. The molecule has 3 unspecified atom stereocenters. The van der Waals surface area contributed by atoms with E-state index in [1.807, 2.05) is 37.3 Å². The molecule has 1 saturated carbocycles. The van der Waals surface area contributed by atoms with Gasteiger partial charge < -0.3 is 25.4 Å². The lowest BCUT2D eigenvalue weighted by atomic mass is 9.62. The van der Waals surface area contributed by atoms with Crippen molar-refractivity contribution in [3.05, 3.63) is 30.3 Å². The molecule has 1 aliphatic carbocycles. The van der Waals surface area contributed by atoms with Gasteiger partial charge in [0, 0.05) is 24.9 Å². The third-order valence-corrected chi connectivity index (χ3v) is 9.40. The molecule has 1 aromatic rings. The lowest BCUT2D eigenvalue weighted by molar-refractivity contribution is -0.146. The minimum Gasteiger partial charge on any atom is -0.396 e. The number of rotatable bonds is 9. The number of ether oxygens (including phenoxy) is 1. The van der Waals surface area contributed by atoms with Crippen molar-refractivity contribution in [1.29, 1.82) is 0 Å². The van der Waals surface area contributed by atoms with E-state index in [-0.39, 0.29) is 36.3 Å². The highest BCUT2D eigenvalue weighted by molar-refractivity contribution is 6.02. The summed E-state index contributed by atoms with van der Waals surface area (Å²) in [5, 5.41) is 15.5. The number of para-hydroxylation sites is 1. The van der Waals surface area contributed by atoms with Crippen LogP contribution in [0.2, 0.25) is 0 Å². The smallest absolute Gasteiger partial charge is 0.246 e. The van der Waals surface area contributed by atoms with Gasteiger partial charge in [-0.05, 0) is 63.5 Å². The van der Waals surface area contributed by atoms with Crippen LogP contribution in [0.3, 0.4) is 0 Å². The van der Waals surface area contributed by atoms with E-state index in [0.29, 0.717) is 31.5 Å². The zero-order valence-electron chi connectivity index (χ0n) is 22.1. The molecule has 8 nitrogen and oxygen atoms in total. The highest BCUT2D eigenvalue weighted by Gasteiger charge is 2.79. The molecule has 4 aliphatic rings. The van der Waals surface area contributed by atoms with Crippen molar-refractivity contribution in [2.24, 2.45) is 17.8 Å². The number of aliphatic hydroxyl groups is 1. The Balaban J connectivity index is 1.46. The SMILES string of the molecule is CC1CC23O[C@]1(C)[C@@H](C(=O)Nc1ccccc1)[C@H]2C(=O)N(CCCCCO)C3C(=O)NC1CCCCC1. The molecule has 0 aromatic heterocycles. The van der Waals surface area contributed by atoms with Gasteiger partial charge in [-0.2, -0.15) is 0 Å². The largest absolute Gasteiger partial charge is 0.396 e. The summed E-state index contributed by atoms with van der Waals surface area (Å²) >= 11 is 0. The van der Waals surface area contributed by atoms with Crippen molar-refractivity contribution in [2.75, 3.05) is 18.5 Å². The first-order chi connectivity index (χ1) is 17.8. The minimum atomic E-state index is -1.01. The third-order valence-electron chi connectivity index (χ3n) is 9.40. The second-order valence-corrected chi connectivity index (χ2v) is 11.7. The third kappa shape index (κ3) is 4.46. The van der Waals surface area contributed by atoms with E-state index in [1.165, 1.54) is 6.42 Å². The predicted octanol–water partition coefficient (Wildman–Crippen LogP) is 3.25. The molecule has 6 atom stereocenters. The monoisotopic (exact) mass is 511 g/mol. The first-order valence-corrected chi connectivity index (χ1v) is 14.1. The van der Waals surface area contributed by atoms with Gasteiger partial charge in [-0.15, -0.1) is 0 Å². The lowest BCUT2D eigenvalue weighted by Gasteiger charge is -2.36. The standard InChI is InChI=1S/C29H41N3O5/c1-19-18-29-23(22(28(19,2)37-29)25(34)30-20-12-6-3-7-13-20)27(36)32(16-10-5-11-17-33)24(29)26(35)31-21-14-8-4-9-15-21/h3,6-7,12-13,19,21-24,33H,4-5,8-11,14-18H2,1-2H3,(H,30,34)(H,31,35)/t19?,22-,23+,24?,28+,29?/m1/s1. The summed E-state index contributed by atoms with van der Waals surface area (Å²) in [5.74, 6) is -1.90. The Bertz CT molecular complexity index is 1010. The predicted molar refractivity (Wildman–Crippen MR) is 140 cm³/mol. The molecule has 3 N–H and O–H groups in total. The van der Waals surface area contributed by atoms with Crippen LogP contribution in [0.15, 0.2) is 30.3 Å². The van der Waals surface area contributed by atoms with Crippen molar-refractivity contribution >= 4 is 23.4 Å². The number of benzene rings is 1. The molecule has 4 fully saturated rings. The van der Waals surface area contributed by atoms with Crippen LogP contribution >= 0.6 is 0 Å². The topological polar surface area (TPSA) is 108 Å². The first-order valence-electron chi connectivity index (χ1n) is 14.1. The number of anilines is 1. The van der Waals surface area contributed by atoms with Crippen LogP contribution in [0.5, 0.6) is 0 Å². The Kier molecular flexibility index (Phi) is 7.33. The number of amides is 3. The fourth-order valence-corrected chi connectivity index (χ4v) is 7.52. The molecule has 1 aromatic carbocycles. The van der Waals surface area contributed by atoms with Gasteiger partial charge in [0.1, 0.15) is 11.6 Å². The summed E-state index contributed by atoms with van der Waals surface area (Å²) in [6, 6.07) is 8.64. The molecule has 3 saturated heterocycles. The van der Waals surface area contributed by atoms with E-state index in [9.17, 15) is 19.5 Å². The Hall–Kier alpha value is -2.45. The van der Waals surface area contributed by atoms with Gasteiger partial charge in [-0.3, -0.25) is 14.4 Å². The number of hydrogen-bond donors (Lipinski definition) is 3. The molecule has 0 radical (unpaired) electrons. The summed E-state index contributed by atoms with van der Waals surface area (Å²) in [6.07, 6.45) is 7.98. The number of carbonyl (C=O) groups is 3. The first kappa shape index (κ1) is 26.2. The van der Waals surface area contributed by atoms with Gasteiger partial charge in [0.05, 0.1) is 17.4 Å². The number of likely N-dealkylation sites (tertiary alicyclic amines) is 1. The summed E-state index contributed by atoms with van der Waals surface area (Å²) in [7, 11) is 0. The van der Waals surface area contributed by atoms with Crippen LogP contribution in [0.4, 0.5) is 5.69 Å². The number of unbranched alkanes of at least 4 members (excludes halogenated alkanes) is 2. The molecular weight excluding hydrogens is 470 g/mol. The molecule has 8 heteroatoms. The fraction of sp³-hybridized carbons (Fsp3) is 0.690. The number of aliphatic hydroxyl groups excluding tert-OH is 1. The van der Waals surface area contributed by atoms with Crippen LogP contribution in [-0.2, 0) is 19.1 Å². The second kappa shape index (κ2) is 10.4. The van der Waals surface area contributed by atoms with Crippen LogP contribution in [0.1, 0.15) is 71.6 Å². The van der Waals surface area contributed by atoms with Crippen molar-refractivity contribution in [3.63, 3.8) is 0 Å². The molecule has 202 valence electrons. The molecule has 2 bridgehead atoms. The normalized spacial score (nSPS) is 35.0. The number of hydrogen-bond acceptors (Lipinski definition) is 5. The lowest BCUT2D eigenvalue weighted by Crippen LogP contribution is -2.57.